The highest BCUT2D eigenvalue weighted by atomic mass is 16.5. The summed E-state index contributed by atoms with van der Waals surface area (Å²) in [6, 6.07) is 14.1. The van der Waals surface area contributed by atoms with Gasteiger partial charge in [-0.2, -0.15) is 0 Å². The molecule has 0 aliphatic carbocycles. The third-order valence-corrected chi connectivity index (χ3v) is 5.63. The zero-order valence-corrected chi connectivity index (χ0v) is 17.6. The Morgan fingerprint density at radius 1 is 1.03 bits per heavy atom. The summed E-state index contributed by atoms with van der Waals surface area (Å²) in [4.78, 5) is 8.82. The van der Waals surface area contributed by atoms with Crippen LogP contribution in [0.25, 0.3) is 21.9 Å². The molecule has 0 saturated carbocycles. The average molecular weight is 408 g/mol. The van der Waals surface area contributed by atoms with Crippen LogP contribution in [0, 0.1) is 0 Å². The lowest BCUT2D eigenvalue weighted by atomic mass is 10.0. The zero-order valence-electron chi connectivity index (χ0n) is 17.6. The molecule has 0 bridgehead atoms. The number of methoxy groups -OCH3 is 1. The van der Waals surface area contributed by atoms with Gasteiger partial charge in [-0.15, -0.1) is 0 Å². The normalized spacial score (nSPS) is 16.5. The lowest BCUT2D eigenvalue weighted by molar-refractivity contribution is 0.0505. The second-order valence-corrected chi connectivity index (χ2v) is 7.87. The van der Waals surface area contributed by atoms with Gasteiger partial charge in [-0.25, -0.2) is 0 Å². The number of piperazine rings is 1. The van der Waals surface area contributed by atoms with E-state index < -0.39 is 6.10 Å². The highest BCUT2D eigenvalue weighted by molar-refractivity contribution is 5.89. The minimum absolute atomic E-state index is 0.294. The van der Waals surface area contributed by atoms with Crippen LogP contribution in [-0.4, -0.2) is 79.5 Å². The molecule has 4 rings (SSSR count). The lowest BCUT2D eigenvalue weighted by Gasteiger charge is -2.33. The summed E-state index contributed by atoms with van der Waals surface area (Å²) < 4.78 is 11.3. The van der Waals surface area contributed by atoms with Crippen LogP contribution in [0.15, 0.2) is 54.9 Å². The fourth-order valence-corrected chi connectivity index (χ4v) is 3.83. The van der Waals surface area contributed by atoms with Crippen LogP contribution in [0.5, 0.6) is 11.5 Å². The van der Waals surface area contributed by atoms with E-state index in [4.69, 9.17) is 9.47 Å². The lowest BCUT2D eigenvalue weighted by Crippen LogP contribution is -2.47. The Morgan fingerprint density at radius 3 is 2.60 bits per heavy atom. The molecular weight excluding hydrogens is 378 g/mol. The molecule has 158 valence electrons. The van der Waals surface area contributed by atoms with Crippen molar-refractivity contribution in [1.29, 1.82) is 0 Å². The number of likely N-dealkylation sites (N-methyl/N-ethyl adjacent to an activating group) is 1. The maximum Gasteiger partial charge on any atom is 0.129 e. The Hall–Kier alpha value is -2.67. The van der Waals surface area contributed by atoms with Gasteiger partial charge in [-0.3, -0.25) is 9.88 Å². The number of aliphatic hydroxyl groups is 1. The molecule has 1 atom stereocenters. The molecule has 1 fully saturated rings. The molecule has 1 aromatic heterocycles. The summed E-state index contributed by atoms with van der Waals surface area (Å²) in [6.07, 6.45) is 3.05. The standard InChI is InChI=1S/C24H29N3O3/c1-26-9-11-27(12-10-26)16-21(28)17-30-22-6-5-18-13-20(4-3-19(18)14-22)23-15-25-8-7-24(23)29-2/h3-8,13-15,21,28H,9-12,16-17H2,1-2H3. The summed E-state index contributed by atoms with van der Waals surface area (Å²) in [7, 11) is 3.80. The predicted octanol–water partition coefficient (Wildman–Crippen LogP) is 2.90. The smallest absolute Gasteiger partial charge is 0.129 e. The van der Waals surface area contributed by atoms with Crippen LogP contribution in [-0.2, 0) is 0 Å². The van der Waals surface area contributed by atoms with Gasteiger partial charge in [0.15, 0.2) is 0 Å². The third kappa shape index (κ3) is 4.90. The number of β-amino-alcohol motifs (C(OH)–C–C–N with tert-alkyl or cyclic N) is 1. The molecule has 0 radical (unpaired) electrons. The molecular formula is C24H29N3O3. The van der Waals surface area contributed by atoms with Gasteiger partial charge in [-0.05, 0) is 47.6 Å². The minimum atomic E-state index is -0.496. The van der Waals surface area contributed by atoms with E-state index in [-0.39, 0.29) is 0 Å². The molecule has 0 spiro atoms. The molecule has 1 N–H and O–H groups in total. The monoisotopic (exact) mass is 407 g/mol. The van der Waals surface area contributed by atoms with Crippen molar-refractivity contribution in [2.24, 2.45) is 0 Å². The van der Waals surface area contributed by atoms with Gasteiger partial charge >= 0.3 is 0 Å². The van der Waals surface area contributed by atoms with Gasteiger partial charge in [0.2, 0.25) is 0 Å². The molecule has 2 aromatic carbocycles. The van der Waals surface area contributed by atoms with Crippen molar-refractivity contribution in [3.63, 3.8) is 0 Å². The minimum Gasteiger partial charge on any atom is -0.496 e. The van der Waals surface area contributed by atoms with Gasteiger partial charge < -0.3 is 19.5 Å². The Balaban J connectivity index is 1.40. The van der Waals surface area contributed by atoms with Gasteiger partial charge in [0.25, 0.3) is 0 Å². The van der Waals surface area contributed by atoms with Gasteiger partial charge in [0.05, 0.1) is 7.11 Å². The molecule has 6 nitrogen and oxygen atoms in total. The number of fused-ring (bicyclic) bond motifs is 1. The van der Waals surface area contributed by atoms with Crippen molar-refractivity contribution < 1.29 is 14.6 Å². The Morgan fingerprint density at radius 2 is 1.80 bits per heavy atom. The Labute approximate surface area is 177 Å². The second-order valence-electron chi connectivity index (χ2n) is 7.87. The first-order chi connectivity index (χ1) is 14.6. The molecule has 1 aliphatic heterocycles. The summed E-state index contributed by atoms with van der Waals surface area (Å²) in [5, 5.41) is 12.6. The Kier molecular flexibility index (Phi) is 6.47. The highest BCUT2D eigenvalue weighted by Crippen LogP contribution is 2.32. The van der Waals surface area contributed by atoms with Crippen molar-refractivity contribution in [2.45, 2.75) is 6.10 Å². The van der Waals surface area contributed by atoms with Crippen molar-refractivity contribution in [1.82, 2.24) is 14.8 Å². The Bertz CT molecular complexity index is 986. The van der Waals surface area contributed by atoms with Crippen LogP contribution in [0.3, 0.4) is 0 Å². The third-order valence-electron chi connectivity index (χ3n) is 5.63. The molecule has 3 aromatic rings. The van der Waals surface area contributed by atoms with Crippen molar-refractivity contribution in [3.05, 3.63) is 54.9 Å². The van der Waals surface area contributed by atoms with Crippen LogP contribution in [0.4, 0.5) is 0 Å². The highest BCUT2D eigenvalue weighted by Gasteiger charge is 2.17. The first-order valence-corrected chi connectivity index (χ1v) is 10.4. The van der Waals surface area contributed by atoms with Crippen molar-refractivity contribution in [3.8, 4) is 22.6 Å². The van der Waals surface area contributed by atoms with Crippen LogP contribution < -0.4 is 9.47 Å². The van der Waals surface area contributed by atoms with Gasteiger partial charge in [0.1, 0.15) is 24.2 Å². The van der Waals surface area contributed by atoms with E-state index in [9.17, 15) is 5.11 Å². The predicted molar refractivity (Wildman–Crippen MR) is 119 cm³/mol. The van der Waals surface area contributed by atoms with E-state index in [1.54, 1.807) is 13.3 Å². The number of aliphatic hydroxyl groups excluding tert-OH is 1. The second kappa shape index (κ2) is 9.43. The van der Waals surface area contributed by atoms with E-state index in [1.165, 1.54) is 0 Å². The maximum atomic E-state index is 10.4. The van der Waals surface area contributed by atoms with Crippen LogP contribution in [0.1, 0.15) is 0 Å². The van der Waals surface area contributed by atoms with Crippen molar-refractivity contribution >= 4 is 10.8 Å². The van der Waals surface area contributed by atoms with Gasteiger partial charge in [-0.1, -0.05) is 18.2 Å². The molecule has 6 heteroatoms. The van der Waals surface area contributed by atoms with Crippen LogP contribution >= 0.6 is 0 Å². The molecule has 30 heavy (non-hydrogen) atoms. The summed E-state index contributed by atoms with van der Waals surface area (Å²) >= 11 is 0. The maximum absolute atomic E-state index is 10.4. The van der Waals surface area contributed by atoms with Gasteiger partial charge in [0, 0.05) is 50.7 Å². The number of pyridine rings is 1. The summed E-state index contributed by atoms with van der Waals surface area (Å²) in [5.41, 5.74) is 2.03. The number of aromatic nitrogens is 1. The molecule has 0 amide bonds. The van der Waals surface area contributed by atoms with E-state index in [0.717, 1.165) is 59.6 Å². The molecule has 1 saturated heterocycles. The summed E-state index contributed by atoms with van der Waals surface area (Å²) in [6.45, 7) is 5.03. The molecule has 1 unspecified atom stereocenters. The van der Waals surface area contributed by atoms with Crippen molar-refractivity contribution in [2.75, 3.05) is 53.5 Å². The van der Waals surface area contributed by atoms with E-state index in [2.05, 4.69) is 40.0 Å². The quantitative estimate of drug-likeness (QED) is 0.650. The van der Waals surface area contributed by atoms with E-state index >= 15 is 0 Å². The number of rotatable bonds is 7. The largest absolute Gasteiger partial charge is 0.496 e. The number of nitrogens with zero attached hydrogens (tertiary/aromatic N) is 3. The summed E-state index contributed by atoms with van der Waals surface area (Å²) in [5.74, 6) is 1.57. The number of hydrogen-bond acceptors (Lipinski definition) is 6. The number of hydrogen-bond donors (Lipinski definition) is 1. The van der Waals surface area contributed by atoms with E-state index in [1.807, 2.05) is 30.5 Å². The van der Waals surface area contributed by atoms with E-state index in [0.29, 0.717) is 13.2 Å². The molecule has 1 aliphatic rings. The van der Waals surface area contributed by atoms with Crippen LogP contribution in [0.2, 0.25) is 0 Å². The first-order valence-electron chi connectivity index (χ1n) is 10.4. The SMILES string of the molecule is COc1ccncc1-c1ccc2cc(OCC(O)CN3CCN(C)CC3)ccc2c1. The number of ether oxygens (including phenoxy) is 2. The first kappa shape index (κ1) is 20.6. The fourth-order valence-electron chi connectivity index (χ4n) is 3.83. The fraction of sp³-hybridized carbons (Fsp3) is 0.375. The number of benzene rings is 2. The average Bonchev–Trinajstić information content (AvgIpc) is 2.78. The zero-order chi connectivity index (χ0) is 20.9. The topological polar surface area (TPSA) is 58.1 Å². The molecule has 2 heterocycles.